The smallest absolute Gasteiger partial charge is 0.179 e. The molecule has 0 aromatic heterocycles. The summed E-state index contributed by atoms with van der Waals surface area (Å²) in [6.07, 6.45) is 0. The standard InChI is InChI=1S/C12H30N4O/c1-11(13(3)4,14(5)6)17-12(2,15(7)8)16(9)10/h1-10H3. The summed E-state index contributed by atoms with van der Waals surface area (Å²) in [6, 6.07) is 0. The molecule has 0 aliphatic rings. The fraction of sp³-hybridized carbons (Fsp3) is 1.00. The number of nitrogens with zero attached hydrogens (tertiary/aromatic N) is 4. The summed E-state index contributed by atoms with van der Waals surface area (Å²) < 4.78 is 6.38. The van der Waals surface area contributed by atoms with Crippen LogP contribution in [0.2, 0.25) is 0 Å². The van der Waals surface area contributed by atoms with E-state index in [4.69, 9.17) is 4.74 Å². The van der Waals surface area contributed by atoms with E-state index in [1.165, 1.54) is 0 Å². The van der Waals surface area contributed by atoms with E-state index in [-0.39, 0.29) is 0 Å². The molecule has 0 spiro atoms. The van der Waals surface area contributed by atoms with E-state index in [9.17, 15) is 0 Å². The molecule has 0 fully saturated rings. The van der Waals surface area contributed by atoms with E-state index < -0.39 is 11.7 Å². The van der Waals surface area contributed by atoms with Crippen molar-refractivity contribution in [2.45, 2.75) is 25.5 Å². The number of hydrogen-bond donors (Lipinski definition) is 0. The van der Waals surface area contributed by atoms with Crippen LogP contribution in [0.3, 0.4) is 0 Å². The van der Waals surface area contributed by atoms with Gasteiger partial charge >= 0.3 is 0 Å². The van der Waals surface area contributed by atoms with Crippen molar-refractivity contribution in [1.82, 2.24) is 19.6 Å². The number of hydrogen-bond acceptors (Lipinski definition) is 5. The summed E-state index contributed by atoms with van der Waals surface area (Å²) in [6.45, 7) is 4.14. The Bertz CT molecular complexity index is 199. The van der Waals surface area contributed by atoms with Crippen LogP contribution in [0.4, 0.5) is 0 Å². The predicted octanol–water partition coefficient (Wildman–Crippen LogP) is 0.597. The van der Waals surface area contributed by atoms with E-state index in [2.05, 4.69) is 33.4 Å². The van der Waals surface area contributed by atoms with E-state index >= 15 is 0 Å². The average Bonchev–Trinajstić information content (AvgIpc) is 2.15. The molecular weight excluding hydrogens is 216 g/mol. The molecule has 0 saturated carbocycles. The Labute approximate surface area is 107 Å². The highest BCUT2D eigenvalue weighted by atomic mass is 16.6. The molecule has 104 valence electrons. The maximum atomic E-state index is 6.38. The highest BCUT2D eigenvalue weighted by Crippen LogP contribution is 2.27. The van der Waals surface area contributed by atoms with E-state index in [1.54, 1.807) is 0 Å². The van der Waals surface area contributed by atoms with Crippen molar-refractivity contribution in [3.8, 4) is 0 Å². The summed E-state index contributed by atoms with van der Waals surface area (Å²) >= 11 is 0. The molecule has 0 amide bonds. The minimum atomic E-state index is -0.469. The Kier molecular flexibility index (Phi) is 5.56. The highest BCUT2D eigenvalue weighted by molar-refractivity contribution is 4.77. The Morgan fingerprint density at radius 3 is 0.824 bits per heavy atom. The van der Waals surface area contributed by atoms with Gasteiger partial charge in [0.2, 0.25) is 0 Å². The largest absolute Gasteiger partial charge is 0.313 e. The molecule has 0 aliphatic carbocycles. The first-order valence-electron chi connectivity index (χ1n) is 5.88. The molecule has 0 atom stereocenters. The first-order chi connectivity index (χ1) is 7.48. The van der Waals surface area contributed by atoms with Crippen LogP contribution in [-0.4, -0.2) is 87.7 Å². The van der Waals surface area contributed by atoms with Gasteiger partial charge in [0.25, 0.3) is 0 Å². The van der Waals surface area contributed by atoms with Gasteiger partial charge in [-0.15, -0.1) is 0 Å². The first-order valence-corrected chi connectivity index (χ1v) is 5.88. The third-order valence-electron chi connectivity index (χ3n) is 3.71. The predicted molar refractivity (Wildman–Crippen MR) is 72.6 cm³/mol. The maximum Gasteiger partial charge on any atom is 0.179 e. The first kappa shape index (κ1) is 16.8. The van der Waals surface area contributed by atoms with Crippen molar-refractivity contribution in [1.29, 1.82) is 0 Å². The Morgan fingerprint density at radius 1 is 0.529 bits per heavy atom. The molecule has 0 saturated heterocycles. The van der Waals surface area contributed by atoms with Crippen LogP contribution < -0.4 is 0 Å². The third kappa shape index (κ3) is 3.39. The lowest BCUT2D eigenvalue weighted by Crippen LogP contribution is -2.65. The van der Waals surface area contributed by atoms with E-state index in [0.717, 1.165) is 0 Å². The quantitative estimate of drug-likeness (QED) is 0.638. The topological polar surface area (TPSA) is 22.2 Å². The van der Waals surface area contributed by atoms with Crippen molar-refractivity contribution in [3.63, 3.8) is 0 Å². The minimum absolute atomic E-state index is 0.469. The van der Waals surface area contributed by atoms with Gasteiger partial charge in [-0.05, 0) is 70.2 Å². The second kappa shape index (κ2) is 5.63. The van der Waals surface area contributed by atoms with Crippen molar-refractivity contribution in [2.75, 3.05) is 56.4 Å². The van der Waals surface area contributed by atoms with Gasteiger partial charge in [0.15, 0.2) is 11.7 Å². The van der Waals surface area contributed by atoms with E-state index in [1.807, 2.05) is 56.4 Å². The van der Waals surface area contributed by atoms with Gasteiger partial charge in [-0.1, -0.05) is 0 Å². The summed E-state index contributed by atoms with van der Waals surface area (Å²) in [5.74, 6) is -0.938. The molecule has 0 aliphatic heterocycles. The lowest BCUT2D eigenvalue weighted by Gasteiger charge is -2.51. The molecule has 0 rings (SSSR count). The summed E-state index contributed by atoms with van der Waals surface area (Å²) in [5, 5.41) is 0. The second-order valence-electron chi connectivity index (χ2n) is 5.55. The molecule has 0 unspecified atom stereocenters. The van der Waals surface area contributed by atoms with Crippen molar-refractivity contribution in [2.24, 2.45) is 0 Å². The third-order valence-corrected chi connectivity index (χ3v) is 3.71. The Hall–Kier alpha value is -0.200. The highest BCUT2D eigenvalue weighted by Gasteiger charge is 2.42. The molecule has 0 aromatic carbocycles. The van der Waals surface area contributed by atoms with Crippen molar-refractivity contribution in [3.05, 3.63) is 0 Å². The zero-order chi connectivity index (χ0) is 14.0. The molecule has 0 bridgehead atoms. The molecule has 0 radical (unpaired) electrons. The average molecular weight is 246 g/mol. The number of rotatable bonds is 6. The van der Waals surface area contributed by atoms with Crippen LogP contribution in [0.5, 0.6) is 0 Å². The summed E-state index contributed by atoms with van der Waals surface area (Å²) in [5.41, 5.74) is 0. The van der Waals surface area contributed by atoms with Crippen LogP contribution in [0, 0.1) is 0 Å². The second-order valence-corrected chi connectivity index (χ2v) is 5.55. The van der Waals surface area contributed by atoms with Crippen LogP contribution in [-0.2, 0) is 4.74 Å². The summed E-state index contributed by atoms with van der Waals surface area (Å²) in [7, 11) is 16.2. The molecule has 0 N–H and O–H groups in total. The van der Waals surface area contributed by atoms with Crippen LogP contribution in [0.25, 0.3) is 0 Å². The maximum absolute atomic E-state index is 6.38. The van der Waals surface area contributed by atoms with Crippen LogP contribution in [0.1, 0.15) is 13.8 Å². The van der Waals surface area contributed by atoms with Gasteiger partial charge in [-0.2, -0.15) is 0 Å². The summed E-state index contributed by atoms with van der Waals surface area (Å²) in [4.78, 5) is 8.27. The normalized spacial score (nSPS) is 14.5. The Morgan fingerprint density at radius 2 is 0.706 bits per heavy atom. The van der Waals surface area contributed by atoms with Gasteiger partial charge in [0.1, 0.15) is 0 Å². The van der Waals surface area contributed by atoms with Gasteiger partial charge in [-0.25, -0.2) is 0 Å². The minimum Gasteiger partial charge on any atom is -0.313 e. The van der Waals surface area contributed by atoms with Gasteiger partial charge < -0.3 is 4.74 Å². The van der Waals surface area contributed by atoms with E-state index in [0.29, 0.717) is 0 Å². The zero-order valence-electron chi connectivity index (χ0n) is 13.2. The van der Waals surface area contributed by atoms with Gasteiger partial charge in [-0.3, -0.25) is 19.6 Å². The molecule has 5 nitrogen and oxygen atoms in total. The SMILES string of the molecule is CN(C)C(C)(OC(C)(N(C)C)N(C)C)N(C)C. The zero-order valence-corrected chi connectivity index (χ0v) is 13.2. The fourth-order valence-electron chi connectivity index (χ4n) is 1.53. The lowest BCUT2D eigenvalue weighted by atomic mass is 10.3. The molecule has 0 aromatic rings. The van der Waals surface area contributed by atoms with Crippen LogP contribution >= 0.6 is 0 Å². The Balaban J connectivity index is 5.22. The molecule has 17 heavy (non-hydrogen) atoms. The van der Waals surface area contributed by atoms with Gasteiger partial charge in [0, 0.05) is 0 Å². The molecule has 0 heterocycles. The van der Waals surface area contributed by atoms with Crippen molar-refractivity contribution >= 4 is 0 Å². The molecule has 5 heteroatoms. The fourth-order valence-corrected chi connectivity index (χ4v) is 1.53. The van der Waals surface area contributed by atoms with Crippen LogP contribution in [0.15, 0.2) is 0 Å². The number of ether oxygens (including phenoxy) is 1. The molecular formula is C12H30N4O. The van der Waals surface area contributed by atoms with Gasteiger partial charge in [0.05, 0.1) is 0 Å². The van der Waals surface area contributed by atoms with Crippen molar-refractivity contribution < 1.29 is 4.74 Å². The monoisotopic (exact) mass is 246 g/mol. The lowest BCUT2D eigenvalue weighted by molar-refractivity contribution is -0.335.